The number of benzene rings is 2. The van der Waals surface area contributed by atoms with Crippen LogP contribution in [0.3, 0.4) is 0 Å². The van der Waals surface area contributed by atoms with Gasteiger partial charge in [0.2, 0.25) is 17.6 Å². The Morgan fingerprint density at radius 1 is 1.20 bits per heavy atom. The number of piperidine rings is 1. The molecule has 0 aliphatic carbocycles. The maximum atomic E-state index is 13.3. The Labute approximate surface area is 207 Å². The molecule has 1 aromatic heterocycles. The smallest absolute Gasteiger partial charge is 0.241 e. The number of aryl methyl sites for hydroxylation is 1. The van der Waals surface area contributed by atoms with Crippen LogP contribution in [-0.2, 0) is 11.3 Å². The summed E-state index contributed by atoms with van der Waals surface area (Å²) in [6.45, 7) is 8.56. The van der Waals surface area contributed by atoms with Gasteiger partial charge in [-0.05, 0) is 61.9 Å². The molecule has 7 nitrogen and oxygen atoms in total. The zero-order valence-corrected chi connectivity index (χ0v) is 21.2. The quantitative estimate of drug-likeness (QED) is 0.459. The number of nitrogens with zero attached hydrogens (tertiary/aromatic N) is 3. The van der Waals surface area contributed by atoms with Crippen molar-refractivity contribution >= 4 is 5.91 Å². The summed E-state index contributed by atoms with van der Waals surface area (Å²) in [6.07, 6.45) is 2.74. The van der Waals surface area contributed by atoms with E-state index in [1.54, 1.807) is 7.11 Å². The topological polar surface area (TPSA) is 80.5 Å². The molecule has 1 amide bonds. The molecular formula is C28H36N4O3. The lowest BCUT2D eigenvalue weighted by Crippen LogP contribution is -2.43. The minimum Gasteiger partial charge on any atom is -0.497 e. The molecule has 2 aromatic carbocycles. The van der Waals surface area contributed by atoms with Crippen LogP contribution in [0.1, 0.15) is 56.2 Å². The van der Waals surface area contributed by atoms with Crippen molar-refractivity contribution in [2.24, 2.45) is 11.8 Å². The lowest BCUT2D eigenvalue weighted by molar-refractivity contribution is -0.127. The van der Waals surface area contributed by atoms with E-state index in [0.29, 0.717) is 30.7 Å². The van der Waals surface area contributed by atoms with Crippen LogP contribution >= 0.6 is 0 Å². The second kappa shape index (κ2) is 11.5. The Morgan fingerprint density at radius 2 is 1.97 bits per heavy atom. The van der Waals surface area contributed by atoms with E-state index >= 15 is 0 Å². The molecule has 2 atom stereocenters. The van der Waals surface area contributed by atoms with Crippen LogP contribution < -0.4 is 10.1 Å². The van der Waals surface area contributed by atoms with Gasteiger partial charge < -0.3 is 14.6 Å². The molecule has 1 saturated heterocycles. The number of ether oxygens (including phenoxy) is 1. The second-order valence-electron chi connectivity index (χ2n) is 9.86. The highest BCUT2D eigenvalue weighted by Gasteiger charge is 2.29. The average molecular weight is 477 g/mol. The molecule has 1 N–H and O–H groups in total. The van der Waals surface area contributed by atoms with E-state index in [1.165, 1.54) is 0 Å². The standard InChI is InChI=1S/C28H36N4O3/c1-19(2)16-25(21-11-13-23(34-4)14-12-21)29-28(33)22-9-7-15-32(17-22)18-26-30-27(31-35-26)24-10-6-5-8-20(24)3/h5-6,8,10-14,19,22,25H,7,9,15-18H2,1-4H3,(H,29,33). The minimum absolute atomic E-state index is 0.0172. The first kappa shape index (κ1) is 24.9. The monoisotopic (exact) mass is 476 g/mol. The number of hydrogen-bond acceptors (Lipinski definition) is 6. The summed E-state index contributed by atoms with van der Waals surface area (Å²) in [5.74, 6) is 2.53. The molecule has 3 aromatic rings. The molecule has 0 bridgehead atoms. The summed E-state index contributed by atoms with van der Waals surface area (Å²) in [5.41, 5.74) is 3.20. The number of rotatable bonds is 9. The van der Waals surface area contributed by atoms with Gasteiger partial charge >= 0.3 is 0 Å². The number of nitrogens with one attached hydrogen (secondary N) is 1. The zero-order chi connectivity index (χ0) is 24.8. The first-order valence-corrected chi connectivity index (χ1v) is 12.5. The third kappa shape index (κ3) is 6.48. The van der Waals surface area contributed by atoms with Gasteiger partial charge in [0, 0.05) is 12.1 Å². The fraction of sp³-hybridized carbons (Fsp3) is 0.464. The van der Waals surface area contributed by atoms with Gasteiger partial charge in [0.15, 0.2) is 0 Å². The second-order valence-corrected chi connectivity index (χ2v) is 9.86. The maximum Gasteiger partial charge on any atom is 0.241 e. The van der Waals surface area contributed by atoms with E-state index in [-0.39, 0.29) is 17.9 Å². The van der Waals surface area contributed by atoms with E-state index in [2.05, 4.69) is 34.2 Å². The Morgan fingerprint density at radius 3 is 2.69 bits per heavy atom. The summed E-state index contributed by atoms with van der Waals surface area (Å²) in [6, 6.07) is 16.0. The van der Waals surface area contributed by atoms with Gasteiger partial charge in [-0.2, -0.15) is 4.98 Å². The number of amides is 1. The summed E-state index contributed by atoms with van der Waals surface area (Å²) in [7, 11) is 1.66. The number of carbonyl (C=O) groups excluding carboxylic acids is 1. The van der Waals surface area contributed by atoms with Gasteiger partial charge in [-0.15, -0.1) is 0 Å². The molecule has 35 heavy (non-hydrogen) atoms. The molecular weight excluding hydrogens is 440 g/mol. The van der Waals surface area contributed by atoms with Crippen molar-refractivity contribution in [3.05, 3.63) is 65.5 Å². The van der Waals surface area contributed by atoms with Crippen molar-refractivity contribution in [3.8, 4) is 17.1 Å². The van der Waals surface area contributed by atoms with E-state index < -0.39 is 0 Å². The fourth-order valence-corrected chi connectivity index (χ4v) is 4.73. The van der Waals surface area contributed by atoms with Crippen LogP contribution in [0, 0.1) is 18.8 Å². The van der Waals surface area contributed by atoms with Crippen LogP contribution in [0.4, 0.5) is 0 Å². The number of carbonyl (C=O) groups is 1. The Bertz CT molecular complexity index is 1110. The van der Waals surface area contributed by atoms with Gasteiger partial charge in [0.05, 0.1) is 25.6 Å². The van der Waals surface area contributed by atoms with Crippen LogP contribution in [0.25, 0.3) is 11.4 Å². The lowest BCUT2D eigenvalue weighted by Gasteiger charge is -2.32. The molecule has 1 fully saturated rings. The van der Waals surface area contributed by atoms with E-state index in [9.17, 15) is 4.79 Å². The molecule has 4 rings (SSSR count). The van der Waals surface area contributed by atoms with Crippen molar-refractivity contribution in [3.63, 3.8) is 0 Å². The van der Waals surface area contributed by atoms with Crippen LogP contribution in [0.5, 0.6) is 5.75 Å². The maximum absolute atomic E-state index is 13.3. The van der Waals surface area contributed by atoms with Gasteiger partial charge in [0.25, 0.3) is 0 Å². The molecule has 1 aliphatic rings. The zero-order valence-electron chi connectivity index (χ0n) is 21.2. The molecule has 186 valence electrons. The van der Waals surface area contributed by atoms with Crippen LogP contribution in [-0.4, -0.2) is 41.1 Å². The van der Waals surface area contributed by atoms with Gasteiger partial charge in [-0.1, -0.05) is 55.4 Å². The van der Waals surface area contributed by atoms with Crippen molar-refractivity contribution in [2.75, 3.05) is 20.2 Å². The summed E-state index contributed by atoms with van der Waals surface area (Å²) in [4.78, 5) is 20.2. The van der Waals surface area contributed by atoms with Crippen molar-refractivity contribution < 1.29 is 14.1 Å². The number of aromatic nitrogens is 2. The fourth-order valence-electron chi connectivity index (χ4n) is 4.73. The highest BCUT2D eigenvalue weighted by molar-refractivity contribution is 5.79. The predicted octanol–water partition coefficient (Wildman–Crippen LogP) is 5.17. The predicted molar refractivity (Wildman–Crippen MR) is 136 cm³/mol. The number of methoxy groups -OCH3 is 1. The minimum atomic E-state index is -0.0598. The molecule has 0 radical (unpaired) electrons. The molecule has 0 spiro atoms. The van der Waals surface area contributed by atoms with E-state index in [4.69, 9.17) is 9.26 Å². The third-order valence-electron chi connectivity index (χ3n) is 6.63. The van der Waals surface area contributed by atoms with Crippen LogP contribution in [0.15, 0.2) is 53.1 Å². The van der Waals surface area contributed by atoms with E-state index in [1.807, 2.05) is 55.5 Å². The summed E-state index contributed by atoms with van der Waals surface area (Å²) in [5, 5.41) is 7.51. The molecule has 2 unspecified atom stereocenters. The van der Waals surface area contributed by atoms with Crippen molar-refractivity contribution in [2.45, 2.75) is 52.6 Å². The highest BCUT2D eigenvalue weighted by Crippen LogP contribution is 2.26. The number of likely N-dealkylation sites (tertiary alicyclic amines) is 1. The van der Waals surface area contributed by atoms with Gasteiger partial charge in [0.1, 0.15) is 5.75 Å². The Kier molecular flexibility index (Phi) is 8.18. The summed E-state index contributed by atoms with van der Waals surface area (Å²) >= 11 is 0. The van der Waals surface area contributed by atoms with Crippen molar-refractivity contribution in [1.29, 1.82) is 0 Å². The number of hydrogen-bond donors (Lipinski definition) is 1. The average Bonchev–Trinajstić information content (AvgIpc) is 3.32. The normalized spacial score (nSPS) is 17.3. The molecule has 1 aliphatic heterocycles. The van der Waals surface area contributed by atoms with E-state index in [0.717, 1.165) is 48.2 Å². The first-order chi connectivity index (χ1) is 16.9. The largest absolute Gasteiger partial charge is 0.497 e. The van der Waals surface area contributed by atoms with Gasteiger partial charge in [-0.25, -0.2) is 0 Å². The highest BCUT2D eigenvalue weighted by atomic mass is 16.5. The van der Waals surface area contributed by atoms with Gasteiger partial charge in [-0.3, -0.25) is 9.69 Å². The Balaban J connectivity index is 1.38. The van der Waals surface area contributed by atoms with Crippen LogP contribution in [0.2, 0.25) is 0 Å². The first-order valence-electron chi connectivity index (χ1n) is 12.5. The SMILES string of the molecule is COc1ccc(C(CC(C)C)NC(=O)C2CCCN(Cc3nc(-c4ccccc4C)no3)C2)cc1. The Hall–Kier alpha value is -3.19. The lowest BCUT2D eigenvalue weighted by atomic mass is 9.93. The molecule has 7 heteroatoms. The molecule has 2 heterocycles. The van der Waals surface area contributed by atoms with Crippen molar-refractivity contribution in [1.82, 2.24) is 20.4 Å². The third-order valence-corrected chi connectivity index (χ3v) is 6.63. The molecule has 0 saturated carbocycles. The summed E-state index contributed by atoms with van der Waals surface area (Å²) < 4.78 is 10.8.